The number of nitro groups is 1. The van der Waals surface area contributed by atoms with Gasteiger partial charge in [-0.1, -0.05) is 29.8 Å². The number of nitro benzene ring substituents is 1. The van der Waals surface area contributed by atoms with Crippen LogP contribution in [0, 0.1) is 15.5 Å². The van der Waals surface area contributed by atoms with E-state index in [1.54, 1.807) is 6.07 Å². The van der Waals surface area contributed by atoms with Crippen LogP contribution in [0.1, 0.15) is 20.3 Å². The molecule has 98 valence electrons. The molecule has 0 saturated heterocycles. The number of hydrogen-bond acceptors (Lipinski definition) is 3. The molecule has 0 aromatic heterocycles. The van der Waals surface area contributed by atoms with E-state index >= 15 is 0 Å². The van der Waals surface area contributed by atoms with Crippen LogP contribution in [0.15, 0.2) is 22.7 Å². The summed E-state index contributed by atoms with van der Waals surface area (Å²) in [7, 11) is 0. The fourth-order valence-corrected chi connectivity index (χ4v) is 2.86. The summed E-state index contributed by atoms with van der Waals surface area (Å²) in [5.74, 6) is 0.529. The van der Waals surface area contributed by atoms with Crippen LogP contribution in [0.25, 0.3) is 0 Å². The Kier molecular flexibility index (Phi) is 3.69. The number of hydrogen-bond donors (Lipinski definition) is 0. The van der Waals surface area contributed by atoms with Crippen molar-refractivity contribution in [3.8, 4) is 5.75 Å². The summed E-state index contributed by atoms with van der Waals surface area (Å²) < 4.78 is 6.61. The molecular formula is C12H13Br2NO3. The number of non-ortho nitro benzene ring substituents is 1. The molecule has 0 radical (unpaired) electrons. The van der Waals surface area contributed by atoms with E-state index in [1.165, 1.54) is 12.1 Å². The summed E-state index contributed by atoms with van der Waals surface area (Å²) in [5, 5.41) is 10.7. The first-order valence-electron chi connectivity index (χ1n) is 5.57. The van der Waals surface area contributed by atoms with Gasteiger partial charge >= 0.3 is 0 Å². The van der Waals surface area contributed by atoms with Crippen LogP contribution in [0.5, 0.6) is 5.75 Å². The van der Waals surface area contributed by atoms with Gasteiger partial charge in [-0.3, -0.25) is 10.1 Å². The van der Waals surface area contributed by atoms with Crippen LogP contribution in [-0.2, 0) is 0 Å². The standard InChI is InChI=1S/C12H13Br2NO3/c1-12(2)10(14)6-11(12)18-9-5-7(15(16)17)3-4-8(9)13/h3-5,10-11H,6H2,1-2H3. The minimum Gasteiger partial charge on any atom is -0.488 e. The molecule has 1 aliphatic rings. The highest BCUT2D eigenvalue weighted by Gasteiger charge is 2.48. The molecule has 0 bridgehead atoms. The van der Waals surface area contributed by atoms with Crippen molar-refractivity contribution >= 4 is 37.5 Å². The Morgan fingerprint density at radius 3 is 2.67 bits per heavy atom. The molecule has 2 rings (SSSR count). The number of halogens is 2. The molecule has 0 aliphatic heterocycles. The molecule has 1 saturated carbocycles. The fraction of sp³-hybridized carbons (Fsp3) is 0.500. The molecular weight excluding hydrogens is 366 g/mol. The quantitative estimate of drug-likeness (QED) is 0.447. The van der Waals surface area contributed by atoms with E-state index in [-0.39, 0.29) is 17.2 Å². The second-order valence-electron chi connectivity index (χ2n) is 5.00. The minimum atomic E-state index is -0.418. The molecule has 2 atom stereocenters. The topological polar surface area (TPSA) is 52.4 Å². The summed E-state index contributed by atoms with van der Waals surface area (Å²) in [6.45, 7) is 4.23. The Balaban J connectivity index is 2.19. The van der Waals surface area contributed by atoms with Crippen LogP contribution in [0.4, 0.5) is 5.69 Å². The van der Waals surface area contributed by atoms with Crippen molar-refractivity contribution in [2.75, 3.05) is 0 Å². The molecule has 1 fully saturated rings. The molecule has 2 unspecified atom stereocenters. The van der Waals surface area contributed by atoms with Gasteiger partial charge in [0.1, 0.15) is 11.9 Å². The first-order valence-corrected chi connectivity index (χ1v) is 7.28. The van der Waals surface area contributed by atoms with Gasteiger partial charge in [0, 0.05) is 16.3 Å². The molecule has 0 spiro atoms. The maximum Gasteiger partial charge on any atom is 0.273 e. The van der Waals surface area contributed by atoms with Crippen LogP contribution >= 0.6 is 31.9 Å². The van der Waals surface area contributed by atoms with Crippen LogP contribution < -0.4 is 4.74 Å². The predicted octanol–water partition coefficient (Wildman–Crippen LogP) is 4.30. The number of nitrogens with zero attached hydrogens (tertiary/aromatic N) is 1. The highest BCUT2D eigenvalue weighted by Crippen LogP contribution is 2.48. The highest BCUT2D eigenvalue weighted by molar-refractivity contribution is 9.10. The zero-order valence-corrected chi connectivity index (χ0v) is 13.2. The lowest BCUT2D eigenvalue weighted by molar-refractivity contribution is -0.385. The Hall–Kier alpha value is -0.620. The van der Waals surface area contributed by atoms with Gasteiger partial charge in [-0.15, -0.1) is 0 Å². The molecule has 1 aromatic carbocycles. The molecule has 1 aliphatic carbocycles. The predicted molar refractivity (Wildman–Crippen MR) is 76.3 cm³/mol. The minimum absolute atomic E-state index is 0.0318. The molecule has 6 heteroatoms. The third-order valence-electron chi connectivity index (χ3n) is 3.45. The number of rotatable bonds is 3. The van der Waals surface area contributed by atoms with Gasteiger partial charge in [-0.2, -0.15) is 0 Å². The monoisotopic (exact) mass is 377 g/mol. The van der Waals surface area contributed by atoms with Crippen molar-refractivity contribution in [2.24, 2.45) is 5.41 Å². The third kappa shape index (κ3) is 2.40. The van der Waals surface area contributed by atoms with Gasteiger partial charge in [-0.25, -0.2) is 0 Å². The Labute approximate surface area is 122 Å². The lowest BCUT2D eigenvalue weighted by Gasteiger charge is -2.48. The van der Waals surface area contributed by atoms with Gasteiger partial charge in [0.15, 0.2) is 0 Å². The van der Waals surface area contributed by atoms with Crippen LogP contribution in [0.2, 0.25) is 0 Å². The van der Waals surface area contributed by atoms with E-state index in [0.717, 1.165) is 10.9 Å². The van der Waals surface area contributed by atoms with Crippen LogP contribution in [-0.4, -0.2) is 15.9 Å². The van der Waals surface area contributed by atoms with E-state index in [1.807, 2.05) is 0 Å². The van der Waals surface area contributed by atoms with Gasteiger partial charge in [0.2, 0.25) is 0 Å². The number of ether oxygens (including phenoxy) is 1. The van der Waals surface area contributed by atoms with Crippen molar-refractivity contribution in [3.05, 3.63) is 32.8 Å². The maximum atomic E-state index is 10.7. The zero-order valence-electron chi connectivity index (χ0n) is 10.0. The third-order valence-corrected chi connectivity index (χ3v) is 5.66. The van der Waals surface area contributed by atoms with Gasteiger partial charge < -0.3 is 4.74 Å². The van der Waals surface area contributed by atoms with E-state index in [9.17, 15) is 10.1 Å². The van der Waals surface area contributed by atoms with Gasteiger partial charge in [0.25, 0.3) is 5.69 Å². The first-order chi connectivity index (χ1) is 8.32. The molecule has 4 nitrogen and oxygen atoms in total. The van der Waals surface area contributed by atoms with Crippen molar-refractivity contribution in [2.45, 2.75) is 31.2 Å². The molecule has 18 heavy (non-hydrogen) atoms. The lowest BCUT2D eigenvalue weighted by Crippen LogP contribution is -2.53. The summed E-state index contributed by atoms with van der Waals surface area (Å²) in [4.78, 5) is 10.7. The maximum absolute atomic E-state index is 10.7. The summed E-state index contributed by atoms with van der Waals surface area (Å²) >= 11 is 6.95. The van der Waals surface area contributed by atoms with Gasteiger partial charge in [0.05, 0.1) is 15.5 Å². The van der Waals surface area contributed by atoms with E-state index < -0.39 is 4.92 Å². The fourth-order valence-electron chi connectivity index (χ4n) is 1.89. The number of alkyl halides is 1. The molecule has 0 amide bonds. The van der Waals surface area contributed by atoms with Gasteiger partial charge in [-0.05, 0) is 28.4 Å². The Morgan fingerprint density at radius 1 is 1.50 bits per heavy atom. The van der Waals surface area contributed by atoms with Crippen LogP contribution in [0.3, 0.4) is 0 Å². The number of benzene rings is 1. The lowest BCUT2D eigenvalue weighted by atomic mass is 9.69. The second kappa shape index (κ2) is 4.81. The zero-order chi connectivity index (χ0) is 13.5. The molecule has 0 N–H and O–H groups in total. The highest BCUT2D eigenvalue weighted by atomic mass is 79.9. The Bertz CT molecular complexity index is 490. The van der Waals surface area contributed by atoms with Crippen molar-refractivity contribution in [1.29, 1.82) is 0 Å². The average molecular weight is 379 g/mol. The van der Waals surface area contributed by atoms with Crippen molar-refractivity contribution < 1.29 is 9.66 Å². The first kappa shape index (κ1) is 13.8. The van der Waals surface area contributed by atoms with Crippen molar-refractivity contribution in [1.82, 2.24) is 0 Å². The smallest absolute Gasteiger partial charge is 0.273 e. The second-order valence-corrected chi connectivity index (χ2v) is 6.96. The summed E-state index contributed by atoms with van der Waals surface area (Å²) in [6.07, 6.45) is 0.975. The van der Waals surface area contributed by atoms with E-state index in [0.29, 0.717) is 10.6 Å². The summed E-state index contributed by atoms with van der Waals surface area (Å²) in [5.41, 5.74) is 0.0741. The molecule has 0 heterocycles. The van der Waals surface area contributed by atoms with Crippen molar-refractivity contribution in [3.63, 3.8) is 0 Å². The summed E-state index contributed by atoms with van der Waals surface area (Å²) in [6, 6.07) is 4.56. The molecule has 1 aromatic rings. The van der Waals surface area contributed by atoms with E-state index in [2.05, 4.69) is 45.7 Å². The average Bonchev–Trinajstić information content (AvgIpc) is 2.30. The van der Waals surface area contributed by atoms with E-state index in [4.69, 9.17) is 4.74 Å². The SMILES string of the molecule is CC1(C)C(Br)CC1Oc1cc([N+](=O)[O-])ccc1Br. The normalized spacial score (nSPS) is 25.3. The Morgan fingerprint density at radius 2 is 2.17 bits per heavy atom. The largest absolute Gasteiger partial charge is 0.488 e.